The molecule has 1 aromatic carbocycles. The Morgan fingerprint density at radius 3 is 2.54 bits per heavy atom. The molecule has 3 aromatic rings. The fourth-order valence-corrected chi connectivity index (χ4v) is 4.62. The van der Waals surface area contributed by atoms with Gasteiger partial charge >= 0.3 is 12.3 Å². The molecule has 0 saturated heterocycles. The van der Waals surface area contributed by atoms with Gasteiger partial charge in [0.15, 0.2) is 5.82 Å². The van der Waals surface area contributed by atoms with E-state index in [1.54, 1.807) is 29.8 Å². The molecular formula is C26H33ClF4N6O4. The number of imidazole rings is 1. The first-order chi connectivity index (χ1) is 19.0. The predicted molar refractivity (Wildman–Crippen MR) is 145 cm³/mol. The highest BCUT2D eigenvalue weighted by molar-refractivity contribution is 6.33. The summed E-state index contributed by atoms with van der Waals surface area (Å²) in [5, 5.41) is 21.6. The zero-order chi connectivity index (χ0) is 30.7. The van der Waals surface area contributed by atoms with Crippen molar-refractivity contribution in [1.29, 1.82) is 0 Å². The van der Waals surface area contributed by atoms with E-state index in [2.05, 4.69) is 15.0 Å². The van der Waals surface area contributed by atoms with E-state index >= 15 is 0 Å². The summed E-state index contributed by atoms with van der Waals surface area (Å²) in [6.45, 7) is 5.72. The second-order valence-electron chi connectivity index (χ2n) is 10.5. The normalized spacial score (nSPS) is 17.8. The first-order valence-corrected chi connectivity index (χ1v) is 13.3. The third-order valence-electron chi connectivity index (χ3n) is 6.15. The number of nitrogens with two attached hydrogens (primary N) is 1. The smallest absolute Gasteiger partial charge is 0.407 e. The van der Waals surface area contributed by atoms with E-state index < -0.39 is 42.4 Å². The van der Waals surface area contributed by atoms with Gasteiger partial charge in [-0.25, -0.2) is 24.1 Å². The number of carbonyl (C=O) groups is 1. The van der Waals surface area contributed by atoms with E-state index in [0.717, 1.165) is 0 Å². The Morgan fingerprint density at radius 2 is 1.95 bits per heavy atom. The van der Waals surface area contributed by atoms with Gasteiger partial charge in [0, 0.05) is 18.0 Å². The maximum atomic E-state index is 14.7. The average Bonchev–Trinajstić information content (AvgIpc) is 3.26. The minimum Gasteiger partial charge on any atom is -0.446 e. The molecule has 10 nitrogen and oxygen atoms in total. The molecule has 1 fully saturated rings. The number of aromatic nitrogens is 4. The van der Waals surface area contributed by atoms with E-state index in [9.17, 15) is 32.6 Å². The van der Waals surface area contributed by atoms with Crippen molar-refractivity contribution in [2.75, 3.05) is 12.3 Å². The number of benzene rings is 1. The second kappa shape index (κ2) is 12.7. The van der Waals surface area contributed by atoms with Crippen LogP contribution in [0.1, 0.15) is 65.2 Å². The average molecular weight is 605 g/mol. The second-order valence-corrected chi connectivity index (χ2v) is 10.9. The molecule has 41 heavy (non-hydrogen) atoms. The number of aliphatic hydroxyl groups excluding tert-OH is 1. The molecule has 1 aliphatic rings. The van der Waals surface area contributed by atoms with Crippen molar-refractivity contribution in [3.05, 3.63) is 35.0 Å². The topological polar surface area (TPSA) is 148 Å². The summed E-state index contributed by atoms with van der Waals surface area (Å²) in [5.74, 6) is -0.0815. The highest BCUT2D eigenvalue weighted by atomic mass is 35.5. The number of anilines is 1. The van der Waals surface area contributed by atoms with Crippen LogP contribution in [0.3, 0.4) is 0 Å². The number of alkyl halides is 3. The minimum absolute atomic E-state index is 0.0352. The molecule has 5 N–H and O–H groups in total. The molecule has 2 unspecified atom stereocenters. The fraction of sp³-hybridized carbons (Fsp3) is 0.538. The molecule has 226 valence electrons. The van der Waals surface area contributed by atoms with Gasteiger partial charge in [0.05, 0.1) is 28.5 Å². The molecular weight excluding hydrogens is 572 g/mol. The number of hydrogen-bond acceptors (Lipinski definition) is 8. The van der Waals surface area contributed by atoms with Crippen LogP contribution >= 0.6 is 11.6 Å². The van der Waals surface area contributed by atoms with Gasteiger partial charge in [-0.15, -0.1) is 0 Å². The molecule has 2 aromatic heterocycles. The summed E-state index contributed by atoms with van der Waals surface area (Å²) < 4.78 is 56.5. The van der Waals surface area contributed by atoms with E-state index in [1.165, 1.54) is 12.3 Å². The number of ether oxygens (including phenoxy) is 1. The first kappa shape index (κ1) is 32.3. The summed E-state index contributed by atoms with van der Waals surface area (Å²) in [6, 6.07) is 3.02. The molecule has 0 aliphatic heterocycles. The Morgan fingerprint density at radius 1 is 1.27 bits per heavy atom. The van der Waals surface area contributed by atoms with Crippen molar-refractivity contribution < 1.29 is 37.3 Å². The van der Waals surface area contributed by atoms with E-state index in [0.29, 0.717) is 48.3 Å². The zero-order valence-electron chi connectivity index (χ0n) is 23.0. The molecule has 4 rings (SSSR count). The number of nitrogen functional groups attached to an aromatic ring is 1. The first-order valence-electron chi connectivity index (χ1n) is 12.9. The summed E-state index contributed by atoms with van der Waals surface area (Å²) in [4.78, 5) is 23.2. The van der Waals surface area contributed by atoms with Crippen LogP contribution in [-0.4, -0.2) is 60.8 Å². The number of nitrogens with one attached hydrogen (secondary N) is 1. The van der Waals surface area contributed by atoms with Crippen LogP contribution in [0.4, 0.5) is 28.3 Å². The highest BCUT2D eigenvalue weighted by Crippen LogP contribution is 2.34. The summed E-state index contributed by atoms with van der Waals surface area (Å²) in [7, 11) is 0. The lowest BCUT2D eigenvalue weighted by atomic mass is 9.95. The van der Waals surface area contributed by atoms with Crippen molar-refractivity contribution in [3.63, 3.8) is 0 Å². The van der Waals surface area contributed by atoms with Gasteiger partial charge in [0.25, 0.3) is 0 Å². The standard InChI is InChI=1S/C17H19ClFN5O.C9H14F3NO3/c1-8(2)24-12-6-9(13-10(18)7-21-16(20)23-13)5-11(19)14(12)22-15(24)17(3,4)25;10-9(11,12)5-13-8(15)16-7-3-1-2-6(14)4-7/h5-8,25H,1-4H3,(H2,20,21,23);6-7,14H,1-5H2,(H,13,15). The molecule has 15 heteroatoms. The lowest BCUT2D eigenvalue weighted by Crippen LogP contribution is -2.37. The monoisotopic (exact) mass is 604 g/mol. The zero-order valence-corrected chi connectivity index (χ0v) is 23.7. The van der Waals surface area contributed by atoms with Crippen molar-refractivity contribution >= 4 is 34.7 Å². The van der Waals surface area contributed by atoms with E-state index in [1.807, 2.05) is 13.8 Å². The number of amides is 1. The van der Waals surface area contributed by atoms with Crippen molar-refractivity contribution in [2.45, 2.75) is 83.4 Å². The molecule has 2 heterocycles. The third-order valence-corrected chi connectivity index (χ3v) is 6.43. The van der Waals surface area contributed by atoms with Crippen LogP contribution in [0.2, 0.25) is 5.02 Å². The van der Waals surface area contributed by atoms with Crippen LogP contribution in [0.15, 0.2) is 18.3 Å². The number of rotatable bonds is 5. The Hall–Kier alpha value is -3.23. The minimum atomic E-state index is -4.44. The van der Waals surface area contributed by atoms with Crippen LogP contribution < -0.4 is 11.1 Å². The summed E-state index contributed by atoms with van der Waals surface area (Å²) in [6.07, 6.45) is -2.95. The third kappa shape index (κ3) is 8.63. The molecule has 0 spiro atoms. The van der Waals surface area contributed by atoms with Crippen LogP contribution in [0.25, 0.3) is 22.3 Å². The fourth-order valence-electron chi connectivity index (χ4n) is 4.42. The largest absolute Gasteiger partial charge is 0.446 e. The number of hydrogen-bond donors (Lipinski definition) is 4. The Kier molecular flexibility index (Phi) is 10.0. The number of nitrogens with zero attached hydrogens (tertiary/aromatic N) is 4. The number of halogens is 5. The number of carbonyl (C=O) groups excluding carboxylic acids is 1. The van der Waals surface area contributed by atoms with Gasteiger partial charge in [0.1, 0.15) is 29.6 Å². The molecule has 1 aliphatic carbocycles. The number of fused-ring (bicyclic) bond motifs is 1. The molecule has 0 radical (unpaired) electrons. The van der Waals surface area contributed by atoms with Crippen LogP contribution in [0.5, 0.6) is 0 Å². The van der Waals surface area contributed by atoms with Crippen LogP contribution in [-0.2, 0) is 10.3 Å². The summed E-state index contributed by atoms with van der Waals surface area (Å²) >= 11 is 6.15. The van der Waals surface area contributed by atoms with E-state index in [4.69, 9.17) is 22.1 Å². The summed E-state index contributed by atoms with van der Waals surface area (Å²) in [5.41, 5.74) is 5.96. The lowest BCUT2D eigenvalue weighted by Gasteiger charge is -2.25. The highest BCUT2D eigenvalue weighted by Gasteiger charge is 2.30. The van der Waals surface area contributed by atoms with Crippen LogP contribution in [0, 0.1) is 5.82 Å². The van der Waals surface area contributed by atoms with Crippen molar-refractivity contribution in [3.8, 4) is 11.3 Å². The molecule has 1 saturated carbocycles. The molecule has 1 amide bonds. The number of aliphatic hydroxyl groups is 2. The van der Waals surface area contributed by atoms with Gasteiger partial charge in [-0.2, -0.15) is 13.2 Å². The maximum Gasteiger partial charge on any atom is 0.407 e. The predicted octanol–water partition coefficient (Wildman–Crippen LogP) is 5.25. The van der Waals surface area contributed by atoms with Gasteiger partial charge < -0.3 is 30.6 Å². The molecule has 0 bridgehead atoms. The Bertz CT molecular complexity index is 1380. The SMILES string of the molecule is CC(C)n1c(C(C)(C)O)nc2c(F)cc(-c3nc(N)ncc3Cl)cc21.O=C(NCC(F)(F)F)OC1CCCC(O)C1. The van der Waals surface area contributed by atoms with Gasteiger partial charge in [-0.05, 0) is 59.1 Å². The van der Waals surface area contributed by atoms with Crippen molar-refractivity contribution in [2.24, 2.45) is 0 Å². The molecule has 2 atom stereocenters. The van der Waals surface area contributed by atoms with Gasteiger partial charge in [0.2, 0.25) is 5.95 Å². The van der Waals surface area contributed by atoms with Gasteiger partial charge in [-0.3, -0.25) is 0 Å². The quantitative estimate of drug-likeness (QED) is 0.288. The Labute approximate surface area is 238 Å². The van der Waals surface area contributed by atoms with E-state index in [-0.39, 0.29) is 22.5 Å². The lowest BCUT2D eigenvalue weighted by molar-refractivity contribution is -0.124. The van der Waals surface area contributed by atoms with Crippen molar-refractivity contribution in [1.82, 2.24) is 24.8 Å². The number of alkyl carbamates (subject to hydrolysis) is 1. The van der Waals surface area contributed by atoms with Gasteiger partial charge in [-0.1, -0.05) is 11.6 Å². The maximum absolute atomic E-state index is 14.7. The Balaban J connectivity index is 0.000000250.